The second kappa shape index (κ2) is 5.34. The van der Waals surface area contributed by atoms with Gasteiger partial charge in [0.05, 0.1) is 29.7 Å². The summed E-state index contributed by atoms with van der Waals surface area (Å²) >= 11 is 0. The summed E-state index contributed by atoms with van der Waals surface area (Å²) in [5.41, 5.74) is 3.67. The fourth-order valence-corrected chi connectivity index (χ4v) is 4.08. The van der Waals surface area contributed by atoms with Crippen molar-refractivity contribution in [1.29, 1.82) is 0 Å². The molecule has 1 saturated heterocycles. The van der Waals surface area contributed by atoms with E-state index in [-0.39, 0.29) is 12.0 Å². The number of imidazole rings is 1. The highest BCUT2D eigenvalue weighted by Crippen LogP contribution is 2.32. The molecule has 0 aliphatic carbocycles. The number of aromatic nitrogens is 8. The molecular weight excluding hydrogens is 344 g/mol. The van der Waals surface area contributed by atoms with E-state index in [1.807, 2.05) is 33.2 Å². The van der Waals surface area contributed by atoms with Crippen LogP contribution < -0.4 is 0 Å². The van der Waals surface area contributed by atoms with Crippen molar-refractivity contribution in [2.24, 2.45) is 0 Å². The molecule has 0 spiro atoms. The Bertz CT molecular complexity index is 1300. The molecule has 1 fully saturated rings. The maximum Gasteiger partial charge on any atom is 0.259 e. The van der Waals surface area contributed by atoms with Crippen LogP contribution in [0.25, 0.3) is 28.1 Å². The molecule has 9 nitrogen and oxygen atoms in total. The van der Waals surface area contributed by atoms with Crippen LogP contribution in [0.15, 0.2) is 43.0 Å². The van der Waals surface area contributed by atoms with Crippen LogP contribution in [0.3, 0.4) is 0 Å². The zero-order valence-electron chi connectivity index (χ0n) is 14.6. The minimum absolute atomic E-state index is 0.122. The van der Waals surface area contributed by atoms with Gasteiger partial charge in [0.2, 0.25) is 0 Å². The quantitative estimate of drug-likeness (QED) is 0.478. The van der Waals surface area contributed by atoms with E-state index in [9.17, 15) is 0 Å². The number of hydrogen-bond acceptors (Lipinski definition) is 6. The third-order valence-electron chi connectivity index (χ3n) is 5.42. The molecular formula is C18H16N8O. The molecule has 5 aromatic rings. The molecule has 1 aromatic carbocycles. The van der Waals surface area contributed by atoms with Crippen LogP contribution >= 0.6 is 0 Å². The molecule has 4 aromatic heterocycles. The standard InChI is InChI=1S/C18H16N8O/c1-11-12(6-7-27-11)15-8-20-23-26(15)18-22-21-17-13-4-2-3-5-14(13)24-10-19-9-16(24)25(17)18/h2-5,8-12H,6-7H2,1H3. The number of benzene rings is 1. The molecule has 1 aliphatic rings. The van der Waals surface area contributed by atoms with Gasteiger partial charge in [-0.3, -0.25) is 4.40 Å². The molecule has 0 amide bonds. The Morgan fingerprint density at radius 1 is 1.15 bits per heavy atom. The fraction of sp³-hybridized carbons (Fsp3) is 0.278. The lowest BCUT2D eigenvalue weighted by atomic mass is 9.99. The van der Waals surface area contributed by atoms with E-state index >= 15 is 0 Å². The fourth-order valence-electron chi connectivity index (χ4n) is 4.08. The molecule has 0 N–H and O–H groups in total. The molecule has 27 heavy (non-hydrogen) atoms. The molecule has 0 saturated carbocycles. The van der Waals surface area contributed by atoms with Gasteiger partial charge >= 0.3 is 0 Å². The van der Waals surface area contributed by atoms with Crippen LogP contribution in [0, 0.1) is 0 Å². The normalized spacial score (nSPS) is 20.3. The van der Waals surface area contributed by atoms with E-state index in [4.69, 9.17) is 4.74 Å². The Labute approximate surface area is 153 Å². The van der Waals surface area contributed by atoms with E-state index < -0.39 is 0 Å². The van der Waals surface area contributed by atoms with E-state index in [1.165, 1.54) is 0 Å². The van der Waals surface area contributed by atoms with E-state index in [2.05, 4.69) is 38.5 Å². The molecule has 9 heteroatoms. The topological polar surface area (TPSA) is 87.4 Å². The van der Waals surface area contributed by atoms with Gasteiger partial charge in [-0.25, -0.2) is 9.38 Å². The number of ether oxygens (including phenoxy) is 1. The Balaban J connectivity index is 1.68. The molecule has 5 heterocycles. The van der Waals surface area contributed by atoms with Crippen LogP contribution in [-0.2, 0) is 4.74 Å². The zero-order chi connectivity index (χ0) is 18.0. The van der Waals surface area contributed by atoms with E-state index in [1.54, 1.807) is 17.2 Å². The zero-order valence-corrected chi connectivity index (χ0v) is 14.6. The van der Waals surface area contributed by atoms with Crippen LogP contribution in [0.1, 0.15) is 25.0 Å². The molecule has 1 aliphatic heterocycles. The summed E-state index contributed by atoms with van der Waals surface area (Å²) in [7, 11) is 0. The molecule has 2 atom stereocenters. The number of rotatable bonds is 2. The van der Waals surface area contributed by atoms with Crippen LogP contribution in [0.2, 0.25) is 0 Å². The molecule has 6 rings (SSSR count). The lowest BCUT2D eigenvalue weighted by Gasteiger charge is -2.14. The monoisotopic (exact) mass is 360 g/mol. The van der Waals surface area contributed by atoms with Crippen molar-refractivity contribution in [2.45, 2.75) is 25.4 Å². The van der Waals surface area contributed by atoms with Gasteiger partial charge in [0.15, 0.2) is 5.65 Å². The number of fused-ring (bicyclic) bond motifs is 6. The van der Waals surface area contributed by atoms with Gasteiger partial charge in [0, 0.05) is 17.9 Å². The van der Waals surface area contributed by atoms with Gasteiger partial charge < -0.3 is 4.74 Å². The van der Waals surface area contributed by atoms with Gasteiger partial charge in [-0.1, -0.05) is 17.3 Å². The van der Waals surface area contributed by atoms with Crippen molar-refractivity contribution in [3.05, 3.63) is 48.7 Å². The first-order valence-electron chi connectivity index (χ1n) is 8.93. The highest BCUT2D eigenvalue weighted by atomic mass is 16.5. The molecule has 0 radical (unpaired) electrons. The third kappa shape index (κ3) is 1.94. The highest BCUT2D eigenvalue weighted by Gasteiger charge is 2.31. The van der Waals surface area contributed by atoms with Crippen LogP contribution in [0.4, 0.5) is 0 Å². The summed E-state index contributed by atoms with van der Waals surface area (Å²) in [5.74, 6) is 0.835. The largest absolute Gasteiger partial charge is 0.378 e. The van der Waals surface area contributed by atoms with Gasteiger partial charge in [0.1, 0.15) is 12.0 Å². The first-order chi connectivity index (χ1) is 13.3. The SMILES string of the molecule is CC1OCCC1c1cnnn1-c1nnc2c3ccccc3n3cncc3n12. The summed E-state index contributed by atoms with van der Waals surface area (Å²) in [6.45, 7) is 2.83. The smallest absolute Gasteiger partial charge is 0.259 e. The summed E-state index contributed by atoms with van der Waals surface area (Å²) < 4.78 is 11.5. The van der Waals surface area contributed by atoms with Gasteiger partial charge in [-0.05, 0) is 25.5 Å². The number of para-hydroxylation sites is 1. The van der Waals surface area contributed by atoms with E-state index in [0.717, 1.165) is 40.9 Å². The maximum absolute atomic E-state index is 5.74. The van der Waals surface area contributed by atoms with Crippen molar-refractivity contribution in [2.75, 3.05) is 6.61 Å². The lowest BCUT2D eigenvalue weighted by molar-refractivity contribution is 0.117. The summed E-state index contributed by atoms with van der Waals surface area (Å²) in [5, 5.41) is 18.4. The molecule has 0 bridgehead atoms. The molecule has 2 unspecified atom stereocenters. The Morgan fingerprint density at radius 2 is 2.07 bits per heavy atom. The first-order valence-corrected chi connectivity index (χ1v) is 8.93. The van der Waals surface area contributed by atoms with Crippen molar-refractivity contribution < 1.29 is 4.74 Å². The van der Waals surface area contributed by atoms with Crippen LogP contribution in [0.5, 0.6) is 0 Å². The average Bonchev–Trinajstić information content (AvgIpc) is 3.46. The van der Waals surface area contributed by atoms with Crippen molar-refractivity contribution in [3.63, 3.8) is 0 Å². The Hall–Kier alpha value is -3.33. The van der Waals surface area contributed by atoms with E-state index in [0.29, 0.717) is 5.95 Å². The average molecular weight is 360 g/mol. The van der Waals surface area contributed by atoms with Gasteiger partial charge in [-0.2, -0.15) is 4.68 Å². The lowest BCUT2D eigenvalue weighted by Crippen LogP contribution is -2.16. The van der Waals surface area contributed by atoms with Crippen molar-refractivity contribution >= 4 is 22.2 Å². The predicted molar refractivity (Wildman–Crippen MR) is 96.9 cm³/mol. The van der Waals surface area contributed by atoms with Crippen molar-refractivity contribution in [3.8, 4) is 5.95 Å². The molecule has 134 valence electrons. The second-order valence-corrected chi connectivity index (χ2v) is 6.84. The summed E-state index contributed by atoms with van der Waals surface area (Å²) in [4.78, 5) is 4.34. The maximum atomic E-state index is 5.74. The van der Waals surface area contributed by atoms with Gasteiger partial charge in [0.25, 0.3) is 5.95 Å². The number of nitrogens with zero attached hydrogens (tertiary/aromatic N) is 8. The Kier molecular flexibility index (Phi) is 2.92. The minimum atomic E-state index is 0.122. The third-order valence-corrected chi connectivity index (χ3v) is 5.42. The minimum Gasteiger partial charge on any atom is -0.378 e. The number of hydrogen-bond donors (Lipinski definition) is 0. The highest BCUT2D eigenvalue weighted by molar-refractivity contribution is 5.94. The van der Waals surface area contributed by atoms with Crippen molar-refractivity contribution in [1.82, 2.24) is 39.0 Å². The Morgan fingerprint density at radius 3 is 2.96 bits per heavy atom. The summed E-state index contributed by atoms with van der Waals surface area (Å²) in [6.07, 6.45) is 6.47. The second-order valence-electron chi connectivity index (χ2n) is 6.84. The van der Waals surface area contributed by atoms with Gasteiger partial charge in [-0.15, -0.1) is 15.3 Å². The summed E-state index contributed by atoms with van der Waals surface area (Å²) in [6, 6.07) is 8.10. The van der Waals surface area contributed by atoms with Crippen LogP contribution in [-0.4, -0.2) is 51.7 Å². The first kappa shape index (κ1) is 14.8. The predicted octanol–water partition coefficient (Wildman–Crippen LogP) is 2.00.